The van der Waals surface area contributed by atoms with Crippen LogP contribution < -0.4 is 16.6 Å². The molecule has 0 saturated heterocycles. The van der Waals surface area contributed by atoms with Crippen LogP contribution in [0.2, 0.25) is 0 Å². The maximum absolute atomic E-state index is 13.5. The molecule has 2 rings (SSSR count). The van der Waals surface area contributed by atoms with E-state index in [9.17, 15) is 8.78 Å². The van der Waals surface area contributed by atoms with Gasteiger partial charge in [-0.25, -0.2) is 24.6 Å². The Morgan fingerprint density at radius 1 is 1.20 bits per heavy atom. The Bertz CT molecular complexity index is 586. The van der Waals surface area contributed by atoms with Crippen LogP contribution in [0, 0.1) is 11.6 Å². The van der Waals surface area contributed by atoms with Crippen molar-refractivity contribution >= 4 is 23.4 Å². The van der Waals surface area contributed by atoms with E-state index in [1.165, 1.54) is 11.8 Å². The predicted octanol–water partition coefficient (Wildman–Crippen LogP) is 2.37. The van der Waals surface area contributed by atoms with Gasteiger partial charge in [-0.2, -0.15) is 0 Å². The largest absolute Gasteiger partial charge is 0.366 e. The Balaban J connectivity index is 2.16. The summed E-state index contributed by atoms with van der Waals surface area (Å²) in [6.07, 6.45) is 1.83. The summed E-state index contributed by atoms with van der Waals surface area (Å²) in [6, 6.07) is 4.89. The summed E-state index contributed by atoms with van der Waals surface area (Å²) in [6.45, 7) is 0.110. The van der Waals surface area contributed by atoms with Crippen molar-refractivity contribution in [2.45, 2.75) is 11.7 Å². The van der Waals surface area contributed by atoms with E-state index in [-0.39, 0.29) is 12.1 Å². The first-order chi connectivity index (χ1) is 9.62. The Morgan fingerprint density at radius 3 is 2.65 bits per heavy atom. The lowest BCUT2D eigenvalue weighted by Crippen LogP contribution is -2.11. The van der Waals surface area contributed by atoms with Gasteiger partial charge in [0.25, 0.3) is 0 Å². The molecule has 4 N–H and O–H groups in total. The maximum atomic E-state index is 13.5. The van der Waals surface area contributed by atoms with Gasteiger partial charge >= 0.3 is 0 Å². The van der Waals surface area contributed by atoms with Gasteiger partial charge in [0.15, 0.2) is 5.16 Å². The fourth-order valence-corrected chi connectivity index (χ4v) is 1.92. The highest BCUT2D eigenvalue weighted by Crippen LogP contribution is 2.18. The Morgan fingerprint density at radius 2 is 1.95 bits per heavy atom. The second-order valence-corrected chi connectivity index (χ2v) is 4.63. The van der Waals surface area contributed by atoms with Gasteiger partial charge in [-0.1, -0.05) is 11.8 Å². The number of nitrogens with two attached hydrogens (primary N) is 1. The first-order valence-electron chi connectivity index (χ1n) is 5.70. The van der Waals surface area contributed by atoms with E-state index >= 15 is 0 Å². The number of nitrogen functional groups attached to an aromatic ring is 1. The maximum Gasteiger partial charge on any atom is 0.191 e. The van der Waals surface area contributed by atoms with Crippen molar-refractivity contribution in [2.24, 2.45) is 5.84 Å². The molecule has 0 fully saturated rings. The van der Waals surface area contributed by atoms with Crippen LogP contribution in [-0.2, 0) is 6.54 Å². The highest BCUT2D eigenvalue weighted by Gasteiger charge is 2.06. The smallest absolute Gasteiger partial charge is 0.191 e. The molecule has 5 nitrogen and oxygen atoms in total. The summed E-state index contributed by atoms with van der Waals surface area (Å²) in [7, 11) is 0. The molecule has 1 aromatic heterocycles. The lowest BCUT2D eigenvalue weighted by molar-refractivity contribution is 0.587. The third kappa shape index (κ3) is 3.55. The van der Waals surface area contributed by atoms with Gasteiger partial charge in [-0.3, -0.25) is 0 Å². The number of nitrogens with one attached hydrogen (secondary N) is 2. The van der Waals surface area contributed by atoms with Gasteiger partial charge in [0.1, 0.15) is 23.3 Å². The van der Waals surface area contributed by atoms with Crippen LogP contribution in [0.1, 0.15) is 5.56 Å². The van der Waals surface area contributed by atoms with E-state index in [2.05, 4.69) is 20.7 Å². The molecule has 0 saturated carbocycles. The minimum Gasteiger partial charge on any atom is -0.366 e. The topological polar surface area (TPSA) is 75.9 Å². The minimum absolute atomic E-state index is 0.110. The Labute approximate surface area is 119 Å². The number of aromatic nitrogens is 2. The number of nitrogens with zero attached hydrogens (tertiary/aromatic N) is 2. The van der Waals surface area contributed by atoms with Crippen LogP contribution in [-0.4, -0.2) is 16.2 Å². The summed E-state index contributed by atoms with van der Waals surface area (Å²) in [5.74, 6) is 5.25. The summed E-state index contributed by atoms with van der Waals surface area (Å²) < 4.78 is 26.5. The van der Waals surface area contributed by atoms with Gasteiger partial charge in [-0.05, 0) is 24.5 Å². The molecule has 106 valence electrons. The van der Waals surface area contributed by atoms with E-state index in [1.807, 2.05) is 6.26 Å². The third-order valence-electron chi connectivity index (χ3n) is 2.50. The average Bonchev–Trinajstić information content (AvgIpc) is 2.47. The van der Waals surface area contributed by atoms with Crippen LogP contribution in [0.3, 0.4) is 0 Å². The molecule has 0 aliphatic heterocycles. The molecule has 1 heterocycles. The van der Waals surface area contributed by atoms with Gasteiger partial charge in [-0.15, -0.1) is 0 Å². The summed E-state index contributed by atoms with van der Waals surface area (Å²) in [5, 5.41) is 3.43. The molecule has 0 spiro atoms. The zero-order valence-corrected chi connectivity index (χ0v) is 11.5. The number of hydrogen-bond donors (Lipinski definition) is 3. The molecule has 8 heteroatoms. The summed E-state index contributed by atoms with van der Waals surface area (Å²) >= 11 is 1.35. The van der Waals surface area contributed by atoms with E-state index in [4.69, 9.17) is 5.84 Å². The lowest BCUT2D eigenvalue weighted by atomic mass is 10.2. The van der Waals surface area contributed by atoms with Crippen molar-refractivity contribution in [3.8, 4) is 0 Å². The number of rotatable bonds is 5. The number of hydrogen-bond acceptors (Lipinski definition) is 6. The lowest BCUT2D eigenvalue weighted by Gasteiger charge is -2.09. The van der Waals surface area contributed by atoms with E-state index in [0.29, 0.717) is 16.8 Å². The standard InChI is InChI=1S/C12H13F2N5S/c1-20-12-17-10(5-11(18-12)19-15)16-6-7-4-8(13)2-3-9(7)14/h2-5H,6,15H2,1H3,(H2,16,17,18,19). The second kappa shape index (κ2) is 6.49. The monoisotopic (exact) mass is 297 g/mol. The van der Waals surface area contributed by atoms with Crippen LogP contribution in [0.15, 0.2) is 29.4 Å². The molecule has 0 unspecified atom stereocenters. The minimum atomic E-state index is -0.486. The van der Waals surface area contributed by atoms with Crippen molar-refractivity contribution in [1.29, 1.82) is 0 Å². The first kappa shape index (κ1) is 14.5. The first-order valence-corrected chi connectivity index (χ1v) is 6.92. The van der Waals surface area contributed by atoms with Crippen molar-refractivity contribution < 1.29 is 8.78 Å². The highest BCUT2D eigenvalue weighted by molar-refractivity contribution is 7.98. The fraction of sp³-hybridized carbons (Fsp3) is 0.167. The Kier molecular flexibility index (Phi) is 4.70. The molecular weight excluding hydrogens is 284 g/mol. The highest BCUT2D eigenvalue weighted by atomic mass is 32.2. The van der Waals surface area contributed by atoms with Gasteiger partial charge in [0.2, 0.25) is 0 Å². The summed E-state index contributed by atoms with van der Waals surface area (Å²) in [5.41, 5.74) is 2.64. The number of thioether (sulfide) groups is 1. The van der Waals surface area contributed by atoms with Crippen molar-refractivity contribution in [2.75, 3.05) is 17.0 Å². The zero-order chi connectivity index (χ0) is 14.5. The molecule has 20 heavy (non-hydrogen) atoms. The van der Waals surface area contributed by atoms with Gasteiger partial charge < -0.3 is 10.7 Å². The molecular formula is C12H13F2N5S. The molecule has 0 amide bonds. The molecule has 1 aromatic carbocycles. The number of anilines is 2. The zero-order valence-electron chi connectivity index (χ0n) is 10.7. The second-order valence-electron chi connectivity index (χ2n) is 3.86. The van der Waals surface area contributed by atoms with Gasteiger partial charge in [0.05, 0.1) is 0 Å². The van der Waals surface area contributed by atoms with Crippen molar-refractivity contribution in [3.63, 3.8) is 0 Å². The van der Waals surface area contributed by atoms with E-state index < -0.39 is 11.6 Å². The number of benzene rings is 1. The molecule has 0 aliphatic carbocycles. The number of hydrazine groups is 1. The number of halogens is 2. The van der Waals surface area contributed by atoms with Crippen LogP contribution in [0.25, 0.3) is 0 Å². The van der Waals surface area contributed by atoms with Gasteiger partial charge in [0, 0.05) is 18.2 Å². The quantitative estimate of drug-likeness (QED) is 0.340. The van der Waals surface area contributed by atoms with Crippen molar-refractivity contribution in [1.82, 2.24) is 9.97 Å². The molecule has 0 radical (unpaired) electrons. The SMILES string of the molecule is CSc1nc(NN)cc(NCc2cc(F)ccc2F)n1. The third-order valence-corrected chi connectivity index (χ3v) is 3.05. The van der Waals surface area contributed by atoms with Crippen LogP contribution in [0.4, 0.5) is 20.4 Å². The molecule has 0 aliphatic rings. The molecule has 2 aromatic rings. The average molecular weight is 297 g/mol. The molecule has 0 bridgehead atoms. The predicted molar refractivity (Wildman–Crippen MR) is 75.3 cm³/mol. The van der Waals surface area contributed by atoms with Crippen LogP contribution >= 0.6 is 11.8 Å². The Hall–Kier alpha value is -1.93. The fourth-order valence-electron chi connectivity index (χ4n) is 1.55. The van der Waals surface area contributed by atoms with E-state index in [1.54, 1.807) is 6.07 Å². The van der Waals surface area contributed by atoms with Crippen LogP contribution in [0.5, 0.6) is 0 Å². The summed E-state index contributed by atoms with van der Waals surface area (Å²) in [4.78, 5) is 8.29. The van der Waals surface area contributed by atoms with E-state index in [0.717, 1.165) is 18.2 Å². The molecule has 0 atom stereocenters. The normalized spacial score (nSPS) is 10.4. The van der Waals surface area contributed by atoms with Crippen molar-refractivity contribution in [3.05, 3.63) is 41.5 Å².